The third-order valence-corrected chi connectivity index (χ3v) is 10.0. The maximum absolute atomic E-state index is 14.8. The van der Waals surface area contributed by atoms with Crippen molar-refractivity contribution in [3.63, 3.8) is 0 Å². The quantitative estimate of drug-likeness (QED) is 0.196. The van der Waals surface area contributed by atoms with Crippen molar-refractivity contribution < 1.29 is 27.8 Å². The number of rotatable bonds is 7. The molecule has 11 heteroatoms. The molecule has 1 saturated carbocycles. The molecule has 0 bridgehead atoms. The van der Waals surface area contributed by atoms with Crippen LogP contribution in [0.1, 0.15) is 67.4 Å². The fourth-order valence-electron chi connectivity index (χ4n) is 5.96. The summed E-state index contributed by atoms with van der Waals surface area (Å²) in [6.07, 6.45) is 3.83. The van der Waals surface area contributed by atoms with Gasteiger partial charge in [0.05, 0.1) is 22.2 Å². The number of halogens is 3. The summed E-state index contributed by atoms with van der Waals surface area (Å²) in [5, 5.41) is -0.191. The molecular formula is C35H38ClF2N3O4S. The molecule has 46 heavy (non-hydrogen) atoms. The zero-order valence-corrected chi connectivity index (χ0v) is 28.4. The first kappa shape index (κ1) is 33.6. The van der Waals surface area contributed by atoms with Crippen LogP contribution in [0, 0.1) is 18.6 Å². The van der Waals surface area contributed by atoms with E-state index in [2.05, 4.69) is 4.98 Å². The Morgan fingerprint density at radius 2 is 1.65 bits per heavy atom. The predicted molar refractivity (Wildman–Crippen MR) is 178 cm³/mol. The molecule has 2 aromatic carbocycles. The van der Waals surface area contributed by atoms with E-state index in [-0.39, 0.29) is 38.6 Å². The molecular weight excluding hydrogens is 632 g/mol. The van der Waals surface area contributed by atoms with Crippen molar-refractivity contribution in [2.75, 3.05) is 14.2 Å². The Hall–Kier alpha value is -3.76. The van der Waals surface area contributed by atoms with Gasteiger partial charge in [-0.3, -0.25) is 9.78 Å². The summed E-state index contributed by atoms with van der Waals surface area (Å²) in [6, 6.07) is 11.5. The zero-order chi connectivity index (χ0) is 33.3. The lowest BCUT2D eigenvalue weighted by Gasteiger charge is -2.40. The Labute approximate surface area is 277 Å². The number of ether oxygens (including phenoxy) is 2. The number of benzene rings is 2. The van der Waals surface area contributed by atoms with E-state index in [9.17, 15) is 18.4 Å². The predicted octanol–water partition coefficient (Wildman–Crippen LogP) is 9.03. The highest BCUT2D eigenvalue weighted by Crippen LogP contribution is 2.41. The second-order valence-corrected chi connectivity index (χ2v) is 14.1. The molecule has 1 aliphatic rings. The van der Waals surface area contributed by atoms with Crippen LogP contribution in [0.5, 0.6) is 5.75 Å². The molecule has 0 N–H and O–H groups in total. The van der Waals surface area contributed by atoms with Crippen molar-refractivity contribution in [1.82, 2.24) is 14.8 Å². The maximum atomic E-state index is 14.8. The molecule has 5 rings (SSSR count). The summed E-state index contributed by atoms with van der Waals surface area (Å²) in [4.78, 5) is 34.9. The summed E-state index contributed by atoms with van der Waals surface area (Å²) in [6.45, 7) is 7.58. The van der Waals surface area contributed by atoms with Crippen molar-refractivity contribution in [2.45, 2.75) is 77.6 Å². The zero-order valence-electron chi connectivity index (χ0n) is 26.8. The van der Waals surface area contributed by atoms with Gasteiger partial charge in [-0.1, -0.05) is 17.7 Å². The third-order valence-electron chi connectivity index (χ3n) is 8.32. The number of nitrogens with zero attached hydrogens (tertiary/aromatic N) is 3. The van der Waals surface area contributed by atoms with E-state index in [1.54, 1.807) is 30.2 Å². The normalized spacial score (nSPS) is 16.7. The summed E-state index contributed by atoms with van der Waals surface area (Å²) < 4.78 is 40.8. The van der Waals surface area contributed by atoms with Gasteiger partial charge in [0.15, 0.2) is 0 Å². The number of aryl methyl sites for hydroxylation is 1. The molecule has 0 spiro atoms. The van der Waals surface area contributed by atoms with Crippen LogP contribution in [-0.4, -0.2) is 58.6 Å². The van der Waals surface area contributed by atoms with Crippen molar-refractivity contribution in [3.05, 3.63) is 81.5 Å². The van der Waals surface area contributed by atoms with Crippen LogP contribution in [-0.2, 0) is 11.3 Å². The van der Waals surface area contributed by atoms with Gasteiger partial charge in [0.1, 0.15) is 27.9 Å². The fourth-order valence-corrected chi connectivity index (χ4v) is 7.47. The van der Waals surface area contributed by atoms with Gasteiger partial charge < -0.3 is 19.3 Å². The van der Waals surface area contributed by atoms with Crippen molar-refractivity contribution in [3.8, 4) is 16.9 Å². The molecule has 0 unspecified atom stereocenters. The van der Waals surface area contributed by atoms with Crippen LogP contribution in [0.3, 0.4) is 0 Å². The average molecular weight is 670 g/mol. The Bertz CT molecular complexity index is 1760. The lowest BCUT2D eigenvalue weighted by Crippen LogP contribution is -2.47. The number of carbonyl (C=O) groups is 2. The summed E-state index contributed by atoms with van der Waals surface area (Å²) in [5.41, 5.74) is 2.93. The fraction of sp³-hybridized carbons (Fsp3) is 0.400. The number of carbonyl (C=O) groups excluding carboxylic acids is 2. The van der Waals surface area contributed by atoms with Gasteiger partial charge in [0.2, 0.25) is 0 Å². The molecule has 0 atom stereocenters. The van der Waals surface area contributed by atoms with Crippen LogP contribution in [0.25, 0.3) is 21.2 Å². The smallest absolute Gasteiger partial charge is 0.410 e. The van der Waals surface area contributed by atoms with Crippen molar-refractivity contribution in [2.24, 2.45) is 0 Å². The molecule has 0 saturated heterocycles. The summed E-state index contributed by atoms with van der Waals surface area (Å²) in [7, 11) is 3.31. The topological polar surface area (TPSA) is 72.0 Å². The van der Waals surface area contributed by atoms with Gasteiger partial charge in [0.25, 0.3) is 5.91 Å². The number of fused-ring (bicyclic) bond motifs is 1. The number of aromatic nitrogens is 1. The van der Waals surface area contributed by atoms with Crippen LogP contribution >= 0.6 is 22.9 Å². The highest BCUT2D eigenvalue weighted by molar-refractivity contribution is 7.21. The van der Waals surface area contributed by atoms with Gasteiger partial charge >= 0.3 is 6.09 Å². The molecule has 244 valence electrons. The second kappa shape index (κ2) is 13.5. The largest absolute Gasteiger partial charge is 0.496 e. The van der Waals surface area contributed by atoms with Gasteiger partial charge in [-0.2, -0.15) is 0 Å². The van der Waals surface area contributed by atoms with Crippen molar-refractivity contribution in [1.29, 1.82) is 0 Å². The molecule has 2 heterocycles. The molecule has 0 radical (unpaired) electrons. The van der Waals surface area contributed by atoms with E-state index in [1.165, 1.54) is 0 Å². The third kappa shape index (κ3) is 7.13. The van der Waals surface area contributed by atoms with E-state index >= 15 is 0 Å². The lowest BCUT2D eigenvalue weighted by atomic mass is 9.89. The monoisotopic (exact) mass is 669 g/mol. The Morgan fingerprint density at radius 1 is 1.00 bits per heavy atom. The highest BCUT2D eigenvalue weighted by Gasteiger charge is 2.35. The summed E-state index contributed by atoms with van der Waals surface area (Å²) in [5.74, 6) is -1.14. The van der Waals surface area contributed by atoms with Gasteiger partial charge in [-0.25, -0.2) is 13.6 Å². The van der Waals surface area contributed by atoms with E-state index in [4.69, 9.17) is 21.1 Å². The van der Waals surface area contributed by atoms with Crippen LogP contribution in [0.15, 0.2) is 48.7 Å². The second-order valence-electron chi connectivity index (χ2n) is 12.7. The molecule has 4 aromatic rings. The Morgan fingerprint density at radius 3 is 2.28 bits per heavy atom. The standard InChI is InChI=1S/C35H38ClF2N3O4S/c1-20-17-22(15-16-39-20)21-7-14-28(44-6)23(18-21)19-41(25-10-8-24(9-11-25)40(5)34(43)45-35(2,3)4)33(42)32-30(36)29-26(37)12-13-27(38)31(29)46-32/h7,12-18,24-25H,8-11,19H2,1-6H3/t24-,25-. The minimum absolute atomic E-state index is 0.00336. The number of methoxy groups -OCH3 is 1. The maximum Gasteiger partial charge on any atom is 0.410 e. The number of thiophene rings is 1. The van der Waals surface area contributed by atoms with Crippen LogP contribution < -0.4 is 4.74 Å². The number of amides is 2. The molecule has 1 aliphatic carbocycles. The number of hydrogen-bond donors (Lipinski definition) is 0. The first-order valence-electron chi connectivity index (χ1n) is 15.2. The number of pyridine rings is 1. The first-order chi connectivity index (χ1) is 21.8. The Kier molecular flexibility index (Phi) is 9.89. The number of hydrogen-bond acceptors (Lipinski definition) is 6. The Balaban J connectivity index is 1.50. The van der Waals surface area contributed by atoms with Gasteiger partial charge in [-0.05, 0) is 101 Å². The van der Waals surface area contributed by atoms with Gasteiger partial charge in [-0.15, -0.1) is 11.3 Å². The van der Waals surface area contributed by atoms with Gasteiger partial charge in [0, 0.05) is 43.1 Å². The van der Waals surface area contributed by atoms with Crippen LogP contribution in [0.2, 0.25) is 5.02 Å². The van der Waals surface area contributed by atoms with E-state index in [0.717, 1.165) is 45.9 Å². The summed E-state index contributed by atoms with van der Waals surface area (Å²) >= 11 is 7.47. The average Bonchev–Trinajstić information content (AvgIpc) is 3.38. The first-order valence-corrected chi connectivity index (χ1v) is 16.4. The molecule has 0 aliphatic heterocycles. The molecule has 2 aromatic heterocycles. The minimum Gasteiger partial charge on any atom is -0.496 e. The lowest BCUT2D eigenvalue weighted by molar-refractivity contribution is 0.0144. The SMILES string of the molecule is COc1ccc(-c2ccnc(C)c2)cc1CN(C(=O)c1sc2c(F)ccc(F)c2c1Cl)[C@H]1CC[C@H](N(C)C(=O)OC(C)(C)C)CC1. The van der Waals surface area contributed by atoms with E-state index in [1.807, 2.05) is 58.0 Å². The van der Waals surface area contributed by atoms with Crippen LogP contribution in [0.4, 0.5) is 13.6 Å². The van der Waals surface area contributed by atoms with Crippen molar-refractivity contribution >= 4 is 45.0 Å². The van der Waals surface area contributed by atoms with E-state index in [0.29, 0.717) is 31.4 Å². The molecule has 1 fully saturated rings. The molecule has 2 amide bonds. The highest BCUT2D eigenvalue weighted by atomic mass is 35.5. The van der Waals surface area contributed by atoms with E-state index < -0.39 is 29.2 Å². The minimum atomic E-state index is -0.684. The molecule has 7 nitrogen and oxygen atoms in total.